The first-order chi connectivity index (χ1) is 8.49. The van der Waals surface area contributed by atoms with Crippen LogP contribution in [0.25, 0.3) is 0 Å². The molecule has 96 valence electrons. The molecule has 2 rings (SSSR count). The number of aryl methyl sites for hydroxylation is 1. The Hall–Kier alpha value is -1.48. The monoisotopic (exact) mass is 260 g/mol. The zero-order valence-electron chi connectivity index (χ0n) is 11.2. The van der Waals surface area contributed by atoms with E-state index in [1.807, 2.05) is 23.5 Å². The Morgan fingerprint density at radius 3 is 2.72 bits per heavy atom. The molecule has 0 fully saturated rings. The van der Waals surface area contributed by atoms with Crippen LogP contribution in [0, 0.1) is 6.92 Å². The van der Waals surface area contributed by atoms with Crippen molar-refractivity contribution in [3.8, 4) is 0 Å². The lowest BCUT2D eigenvalue weighted by Gasteiger charge is -2.25. The van der Waals surface area contributed by atoms with Gasteiger partial charge >= 0.3 is 0 Å². The van der Waals surface area contributed by atoms with Crippen LogP contribution in [-0.4, -0.2) is 6.54 Å². The summed E-state index contributed by atoms with van der Waals surface area (Å²) < 4.78 is 0. The molecule has 0 aliphatic heterocycles. The highest BCUT2D eigenvalue weighted by molar-refractivity contribution is 7.10. The summed E-state index contributed by atoms with van der Waals surface area (Å²) in [4.78, 5) is 1.40. The van der Waals surface area contributed by atoms with Gasteiger partial charge in [0.15, 0.2) is 0 Å². The first-order valence-corrected chi connectivity index (χ1v) is 7.01. The van der Waals surface area contributed by atoms with Crippen LogP contribution in [0.5, 0.6) is 0 Å². The Bertz CT molecular complexity index is 515. The van der Waals surface area contributed by atoms with Crippen LogP contribution in [-0.2, 0) is 5.41 Å². The van der Waals surface area contributed by atoms with Crippen molar-refractivity contribution in [2.24, 2.45) is 0 Å². The summed E-state index contributed by atoms with van der Waals surface area (Å²) in [5.74, 6) is 0. The van der Waals surface area contributed by atoms with Gasteiger partial charge in [0.1, 0.15) is 0 Å². The van der Waals surface area contributed by atoms with Gasteiger partial charge < -0.3 is 11.1 Å². The molecule has 0 unspecified atom stereocenters. The van der Waals surface area contributed by atoms with E-state index in [0.717, 1.165) is 17.9 Å². The van der Waals surface area contributed by atoms with Crippen LogP contribution >= 0.6 is 11.3 Å². The molecule has 3 heteroatoms. The standard InChI is InChI=1S/C15H20N2S/c1-11-6-7-12(16)9-13(11)17-10-15(2,3)14-5-4-8-18-14/h4-9,17H,10,16H2,1-3H3. The van der Waals surface area contributed by atoms with Crippen molar-refractivity contribution in [1.82, 2.24) is 0 Å². The summed E-state index contributed by atoms with van der Waals surface area (Å²) in [6.07, 6.45) is 0. The van der Waals surface area contributed by atoms with Gasteiger partial charge in [0.2, 0.25) is 0 Å². The average molecular weight is 260 g/mol. The number of rotatable bonds is 4. The van der Waals surface area contributed by atoms with Crippen LogP contribution in [0.4, 0.5) is 11.4 Å². The van der Waals surface area contributed by atoms with Crippen molar-refractivity contribution in [1.29, 1.82) is 0 Å². The van der Waals surface area contributed by atoms with Gasteiger partial charge in [-0.25, -0.2) is 0 Å². The number of benzene rings is 1. The van der Waals surface area contributed by atoms with Gasteiger partial charge in [-0.05, 0) is 36.1 Å². The number of hydrogen-bond donors (Lipinski definition) is 2. The molecule has 1 heterocycles. The van der Waals surface area contributed by atoms with Gasteiger partial charge in [-0.15, -0.1) is 11.3 Å². The lowest BCUT2D eigenvalue weighted by atomic mass is 9.91. The normalized spacial score (nSPS) is 11.5. The molecular weight excluding hydrogens is 240 g/mol. The van der Waals surface area contributed by atoms with Crippen LogP contribution in [0.1, 0.15) is 24.3 Å². The zero-order valence-corrected chi connectivity index (χ0v) is 12.0. The molecule has 0 amide bonds. The quantitative estimate of drug-likeness (QED) is 0.815. The Labute approximate surface area is 113 Å². The fourth-order valence-corrected chi connectivity index (χ4v) is 2.75. The second kappa shape index (κ2) is 5.02. The molecule has 0 radical (unpaired) electrons. The third-order valence-corrected chi connectivity index (χ3v) is 4.41. The molecular formula is C15H20N2S. The molecule has 2 nitrogen and oxygen atoms in total. The fraction of sp³-hybridized carbons (Fsp3) is 0.333. The highest BCUT2D eigenvalue weighted by Gasteiger charge is 2.21. The Morgan fingerprint density at radius 1 is 1.28 bits per heavy atom. The lowest BCUT2D eigenvalue weighted by molar-refractivity contribution is 0.569. The number of thiophene rings is 1. The second-order valence-electron chi connectivity index (χ2n) is 5.29. The minimum Gasteiger partial charge on any atom is -0.399 e. The van der Waals surface area contributed by atoms with Crippen LogP contribution < -0.4 is 11.1 Å². The molecule has 2 aromatic rings. The molecule has 1 aromatic carbocycles. The van der Waals surface area contributed by atoms with Crippen molar-refractivity contribution < 1.29 is 0 Å². The highest BCUT2D eigenvalue weighted by atomic mass is 32.1. The molecule has 0 spiro atoms. The third kappa shape index (κ3) is 2.85. The fourth-order valence-electron chi connectivity index (χ4n) is 1.90. The zero-order chi connectivity index (χ0) is 13.2. The maximum absolute atomic E-state index is 5.82. The molecule has 0 aliphatic rings. The maximum atomic E-state index is 5.82. The molecule has 18 heavy (non-hydrogen) atoms. The van der Waals surface area contributed by atoms with E-state index in [0.29, 0.717) is 0 Å². The Kier molecular flexibility index (Phi) is 3.62. The highest BCUT2D eigenvalue weighted by Crippen LogP contribution is 2.28. The van der Waals surface area contributed by atoms with Crippen molar-refractivity contribution in [2.75, 3.05) is 17.6 Å². The minimum absolute atomic E-state index is 0.130. The minimum atomic E-state index is 0.130. The lowest BCUT2D eigenvalue weighted by Crippen LogP contribution is -2.26. The molecule has 0 saturated carbocycles. The number of nitrogens with one attached hydrogen (secondary N) is 1. The number of anilines is 2. The van der Waals surface area contributed by atoms with Crippen molar-refractivity contribution in [2.45, 2.75) is 26.2 Å². The van der Waals surface area contributed by atoms with E-state index < -0.39 is 0 Å². The predicted octanol–water partition coefficient (Wildman–Crippen LogP) is 4.03. The van der Waals surface area contributed by atoms with E-state index in [2.05, 4.69) is 49.7 Å². The molecule has 0 bridgehead atoms. The topological polar surface area (TPSA) is 38.0 Å². The van der Waals surface area contributed by atoms with Crippen LogP contribution in [0.15, 0.2) is 35.7 Å². The van der Waals surface area contributed by atoms with Crippen molar-refractivity contribution in [3.05, 3.63) is 46.2 Å². The largest absolute Gasteiger partial charge is 0.399 e. The summed E-state index contributed by atoms with van der Waals surface area (Å²) in [6.45, 7) is 7.51. The van der Waals surface area contributed by atoms with Gasteiger partial charge in [0, 0.05) is 28.2 Å². The number of hydrogen-bond acceptors (Lipinski definition) is 3. The van der Waals surface area contributed by atoms with Gasteiger partial charge in [0.25, 0.3) is 0 Å². The van der Waals surface area contributed by atoms with Crippen molar-refractivity contribution in [3.63, 3.8) is 0 Å². The molecule has 0 aliphatic carbocycles. The first kappa shape index (κ1) is 13.0. The summed E-state index contributed by atoms with van der Waals surface area (Å²) in [5.41, 5.74) is 9.11. The summed E-state index contributed by atoms with van der Waals surface area (Å²) in [7, 11) is 0. The van der Waals surface area contributed by atoms with E-state index in [1.165, 1.54) is 10.4 Å². The third-order valence-electron chi connectivity index (χ3n) is 3.17. The molecule has 0 saturated heterocycles. The molecule has 3 N–H and O–H groups in total. The Morgan fingerprint density at radius 2 is 2.06 bits per heavy atom. The smallest absolute Gasteiger partial charge is 0.0390 e. The van der Waals surface area contributed by atoms with E-state index >= 15 is 0 Å². The molecule has 0 atom stereocenters. The Balaban J connectivity index is 2.09. The van der Waals surface area contributed by atoms with Gasteiger partial charge in [0.05, 0.1) is 0 Å². The summed E-state index contributed by atoms with van der Waals surface area (Å²) in [6, 6.07) is 10.3. The summed E-state index contributed by atoms with van der Waals surface area (Å²) in [5, 5.41) is 5.64. The average Bonchev–Trinajstić information content (AvgIpc) is 2.85. The van der Waals surface area contributed by atoms with Gasteiger partial charge in [-0.2, -0.15) is 0 Å². The predicted molar refractivity (Wildman–Crippen MR) is 81.4 cm³/mol. The number of nitrogens with two attached hydrogens (primary N) is 1. The van der Waals surface area contributed by atoms with E-state index in [4.69, 9.17) is 5.73 Å². The van der Waals surface area contributed by atoms with E-state index in [-0.39, 0.29) is 5.41 Å². The second-order valence-corrected chi connectivity index (χ2v) is 6.24. The molecule has 1 aromatic heterocycles. The summed E-state index contributed by atoms with van der Waals surface area (Å²) >= 11 is 1.81. The number of nitrogen functional groups attached to an aromatic ring is 1. The maximum Gasteiger partial charge on any atom is 0.0390 e. The van der Waals surface area contributed by atoms with Crippen LogP contribution in [0.3, 0.4) is 0 Å². The van der Waals surface area contributed by atoms with E-state index in [9.17, 15) is 0 Å². The van der Waals surface area contributed by atoms with Gasteiger partial charge in [-0.3, -0.25) is 0 Å². The van der Waals surface area contributed by atoms with Gasteiger partial charge in [-0.1, -0.05) is 26.0 Å². The first-order valence-electron chi connectivity index (χ1n) is 6.13. The SMILES string of the molecule is Cc1ccc(N)cc1NCC(C)(C)c1cccs1. The van der Waals surface area contributed by atoms with Crippen molar-refractivity contribution >= 4 is 22.7 Å². The van der Waals surface area contributed by atoms with E-state index in [1.54, 1.807) is 0 Å². The van der Waals surface area contributed by atoms with Crippen LogP contribution in [0.2, 0.25) is 0 Å².